The fourth-order valence-electron chi connectivity index (χ4n) is 0.740. The first-order chi connectivity index (χ1) is 4.62. The summed E-state index contributed by atoms with van der Waals surface area (Å²) in [5, 5.41) is 0. The predicted molar refractivity (Wildman–Crippen MR) is 47.7 cm³/mol. The van der Waals surface area contributed by atoms with Crippen LogP contribution < -0.4 is 0 Å². The number of hydrogen-bond donors (Lipinski definition) is 0. The summed E-state index contributed by atoms with van der Waals surface area (Å²) in [5.74, 6) is 0. The topological polar surface area (TPSA) is 17.1 Å². The molecule has 0 aliphatic carbocycles. The highest BCUT2D eigenvalue weighted by atomic mass is 28.3. The van der Waals surface area contributed by atoms with Gasteiger partial charge >= 0.3 is 0 Å². The number of carbonyl (C=O) groups excluding carboxylic acids is 1. The summed E-state index contributed by atoms with van der Waals surface area (Å²) in [4.78, 5) is 9.97. The Morgan fingerprint density at radius 2 is 2.10 bits per heavy atom. The van der Waals surface area contributed by atoms with Gasteiger partial charge in [0.2, 0.25) is 0 Å². The van der Waals surface area contributed by atoms with E-state index in [4.69, 9.17) is 0 Å². The third-order valence-corrected chi connectivity index (χ3v) is 3.73. The fourth-order valence-corrected chi connectivity index (χ4v) is 2.22. The van der Waals surface area contributed by atoms with E-state index in [9.17, 15) is 4.79 Å². The van der Waals surface area contributed by atoms with Crippen LogP contribution in [-0.2, 0) is 4.79 Å². The Labute approximate surface area is 63.5 Å². The lowest BCUT2D eigenvalue weighted by Gasteiger charge is -2.13. The minimum Gasteiger partial charge on any atom is -0.299 e. The lowest BCUT2D eigenvalue weighted by atomic mass is 10.7. The molecule has 0 aromatic heterocycles. The van der Waals surface area contributed by atoms with Gasteiger partial charge in [0, 0.05) is 0 Å². The zero-order valence-corrected chi connectivity index (χ0v) is 7.63. The molecule has 0 heterocycles. The van der Waals surface area contributed by atoms with E-state index in [1.165, 1.54) is 0 Å². The van der Waals surface area contributed by atoms with Crippen LogP contribution in [0.1, 0.15) is 0 Å². The van der Waals surface area contributed by atoms with Crippen LogP contribution in [0, 0.1) is 0 Å². The second-order valence-corrected chi connectivity index (χ2v) is 7.70. The standard InChI is InChI=1S/C8H14OSi/c1-4-7-10(2,3)8-5-6-9/h4-6,8H,1,7H2,2-3H3/b8-5+. The summed E-state index contributed by atoms with van der Waals surface area (Å²) < 4.78 is 0. The van der Waals surface area contributed by atoms with Crippen LogP contribution in [0.2, 0.25) is 19.1 Å². The average Bonchev–Trinajstić information content (AvgIpc) is 1.84. The van der Waals surface area contributed by atoms with Crippen LogP contribution in [0.25, 0.3) is 0 Å². The molecular weight excluding hydrogens is 140 g/mol. The zero-order valence-electron chi connectivity index (χ0n) is 6.63. The molecule has 0 aromatic carbocycles. The van der Waals surface area contributed by atoms with Gasteiger partial charge in [-0.1, -0.05) is 24.9 Å². The average molecular weight is 154 g/mol. The summed E-state index contributed by atoms with van der Waals surface area (Å²) in [6.45, 7) is 8.07. The van der Waals surface area contributed by atoms with Crippen molar-refractivity contribution in [3.05, 3.63) is 24.4 Å². The Kier molecular flexibility index (Phi) is 3.96. The Balaban J connectivity index is 3.96. The van der Waals surface area contributed by atoms with Crippen LogP contribution in [0.3, 0.4) is 0 Å². The van der Waals surface area contributed by atoms with Gasteiger partial charge in [-0.25, -0.2) is 0 Å². The van der Waals surface area contributed by atoms with Crippen LogP contribution in [0.15, 0.2) is 24.4 Å². The molecule has 56 valence electrons. The molecule has 0 radical (unpaired) electrons. The number of carbonyl (C=O) groups is 1. The first kappa shape index (κ1) is 9.37. The van der Waals surface area contributed by atoms with Crippen molar-refractivity contribution in [1.82, 2.24) is 0 Å². The maximum absolute atomic E-state index is 9.97. The van der Waals surface area contributed by atoms with E-state index in [-0.39, 0.29) is 0 Å². The molecular formula is C8H14OSi. The minimum absolute atomic E-state index is 0.831. The first-order valence-corrected chi connectivity index (χ1v) is 6.65. The van der Waals surface area contributed by atoms with Crippen molar-refractivity contribution < 1.29 is 4.79 Å². The molecule has 0 saturated heterocycles. The van der Waals surface area contributed by atoms with Crippen molar-refractivity contribution in [2.75, 3.05) is 0 Å². The molecule has 0 unspecified atom stereocenters. The maximum atomic E-state index is 9.97. The third-order valence-electron chi connectivity index (χ3n) is 1.30. The molecule has 0 aliphatic heterocycles. The maximum Gasteiger partial charge on any atom is 0.142 e. The molecule has 10 heavy (non-hydrogen) atoms. The Morgan fingerprint density at radius 3 is 2.50 bits per heavy atom. The normalized spacial score (nSPS) is 11.8. The van der Waals surface area contributed by atoms with Crippen LogP contribution in [-0.4, -0.2) is 14.4 Å². The van der Waals surface area contributed by atoms with Gasteiger partial charge in [-0.3, -0.25) is 4.79 Å². The van der Waals surface area contributed by atoms with Gasteiger partial charge in [0.25, 0.3) is 0 Å². The lowest BCUT2D eigenvalue weighted by Crippen LogP contribution is -2.20. The highest BCUT2D eigenvalue weighted by Gasteiger charge is 2.12. The van der Waals surface area contributed by atoms with Gasteiger partial charge in [-0.2, -0.15) is 0 Å². The monoisotopic (exact) mass is 154 g/mol. The summed E-state index contributed by atoms with van der Waals surface area (Å²) in [5.41, 5.74) is 2.03. The highest BCUT2D eigenvalue weighted by Crippen LogP contribution is 2.10. The van der Waals surface area contributed by atoms with E-state index in [1.54, 1.807) is 6.08 Å². The number of allylic oxidation sites excluding steroid dienone is 2. The Hall–Kier alpha value is -0.633. The van der Waals surface area contributed by atoms with Gasteiger partial charge in [0.05, 0.1) is 8.07 Å². The van der Waals surface area contributed by atoms with E-state index < -0.39 is 8.07 Å². The van der Waals surface area contributed by atoms with Crippen molar-refractivity contribution >= 4 is 14.4 Å². The second kappa shape index (κ2) is 4.23. The van der Waals surface area contributed by atoms with Crippen molar-refractivity contribution in [3.8, 4) is 0 Å². The summed E-state index contributed by atoms with van der Waals surface area (Å²) in [7, 11) is -1.25. The van der Waals surface area contributed by atoms with Crippen molar-refractivity contribution in [3.63, 3.8) is 0 Å². The smallest absolute Gasteiger partial charge is 0.142 e. The number of aldehydes is 1. The predicted octanol–water partition coefficient (Wildman–Crippen LogP) is 2.18. The summed E-state index contributed by atoms with van der Waals surface area (Å²) >= 11 is 0. The van der Waals surface area contributed by atoms with Gasteiger partial charge in [-0.15, -0.1) is 6.58 Å². The van der Waals surface area contributed by atoms with Gasteiger partial charge < -0.3 is 0 Å². The van der Waals surface area contributed by atoms with Crippen molar-refractivity contribution in [2.24, 2.45) is 0 Å². The molecule has 0 atom stereocenters. The first-order valence-electron chi connectivity index (χ1n) is 3.36. The highest BCUT2D eigenvalue weighted by molar-refractivity contribution is 6.82. The summed E-state index contributed by atoms with van der Waals surface area (Å²) in [6, 6.07) is 1.04. The molecule has 0 bridgehead atoms. The zero-order chi connectivity index (χ0) is 8.04. The second-order valence-electron chi connectivity index (χ2n) is 2.98. The largest absolute Gasteiger partial charge is 0.299 e. The van der Waals surface area contributed by atoms with Crippen molar-refractivity contribution in [1.29, 1.82) is 0 Å². The third kappa shape index (κ3) is 4.27. The van der Waals surface area contributed by atoms with Crippen LogP contribution in [0.5, 0.6) is 0 Å². The summed E-state index contributed by atoms with van der Waals surface area (Å²) in [6.07, 6.45) is 4.34. The molecule has 2 heteroatoms. The van der Waals surface area contributed by atoms with Gasteiger partial charge in [0.1, 0.15) is 6.29 Å². The molecule has 0 amide bonds. The lowest BCUT2D eigenvalue weighted by molar-refractivity contribution is -0.104. The van der Waals surface area contributed by atoms with E-state index in [0.29, 0.717) is 0 Å². The number of rotatable bonds is 4. The Morgan fingerprint density at radius 1 is 1.50 bits per heavy atom. The molecule has 0 aromatic rings. The molecule has 0 rings (SSSR count). The molecule has 0 aliphatic rings. The van der Waals surface area contributed by atoms with Crippen LogP contribution >= 0.6 is 0 Å². The SMILES string of the molecule is C=CC[Si](C)(C)/C=C/C=O. The molecule has 0 fully saturated rings. The molecule has 0 spiro atoms. The van der Waals surface area contributed by atoms with Crippen molar-refractivity contribution in [2.45, 2.75) is 19.1 Å². The van der Waals surface area contributed by atoms with Gasteiger partial charge in [0.15, 0.2) is 0 Å². The quantitative estimate of drug-likeness (QED) is 0.262. The fraction of sp³-hybridized carbons (Fsp3) is 0.375. The van der Waals surface area contributed by atoms with E-state index in [0.717, 1.165) is 12.3 Å². The van der Waals surface area contributed by atoms with E-state index in [2.05, 4.69) is 19.7 Å². The molecule has 1 nitrogen and oxygen atoms in total. The van der Waals surface area contributed by atoms with E-state index >= 15 is 0 Å². The minimum atomic E-state index is -1.25. The number of hydrogen-bond acceptors (Lipinski definition) is 1. The van der Waals surface area contributed by atoms with Gasteiger partial charge in [-0.05, 0) is 12.1 Å². The Bertz CT molecular complexity index is 147. The molecule has 0 saturated carbocycles. The molecule has 0 N–H and O–H groups in total. The van der Waals surface area contributed by atoms with E-state index in [1.807, 2.05) is 11.8 Å². The van der Waals surface area contributed by atoms with Crippen LogP contribution in [0.4, 0.5) is 0 Å².